The monoisotopic (exact) mass is 549 g/mol. The van der Waals surface area contributed by atoms with E-state index in [1.54, 1.807) is 56.3 Å². The number of fused-ring (bicyclic) bond motifs is 1. The van der Waals surface area contributed by atoms with Gasteiger partial charge in [-0.25, -0.2) is 14.1 Å². The molecule has 0 radical (unpaired) electrons. The van der Waals surface area contributed by atoms with Crippen molar-refractivity contribution < 1.29 is 38.1 Å². The molecule has 1 aliphatic rings. The second-order valence-corrected chi connectivity index (χ2v) is 11.3. The second-order valence-electron chi connectivity index (χ2n) is 9.60. The molecule has 1 aliphatic heterocycles. The number of aliphatic hydroxyl groups is 2. The molecule has 38 heavy (non-hydrogen) atoms. The van der Waals surface area contributed by atoms with E-state index >= 15 is 0 Å². The summed E-state index contributed by atoms with van der Waals surface area (Å²) < 4.78 is 37.5. The topological polar surface area (TPSA) is 180 Å². The summed E-state index contributed by atoms with van der Waals surface area (Å²) in [6.45, 7) is 5.55. The first-order valence-corrected chi connectivity index (χ1v) is 13.5. The van der Waals surface area contributed by atoms with E-state index in [0.717, 1.165) is 0 Å². The SMILES string of the molecule is CC(C)OC(=O)[C@H](C)NP(=O)(OC[C@@]1(C)OC[C@@](O)(c2ccc3c(N)ncnn23)[C@@H]1O)Oc1ccccc1. The largest absolute Gasteiger partial charge is 0.462 e. The molecule has 0 spiro atoms. The summed E-state index contributed by atoms with van der Waals surface area (Å²) in [6, 6.07) is 10.4. The van der Waals surface area contributed by atoms with Gasteiger partial charge >= 0.3 is 13.7 Å². The summed E-state index contributed by atoms with van der Waals surface area (Å²) in [6.07, 6.45) is -0.696. The average Bonchev–Trinajstić information content (AvgIpc) is 3.41. The van der Waals surface area contributed by atoms with Crippen LogP contribution in [0.5, 0.6) is 5.75 Å². The molecule has 14 heteroatoms. The maximum absolute atomic E-state index is 13.8. The van der Waals surface area contributed by atoms with Gasteiger partial charge in [0.2, 0.25) is 0 Å². The number of aromatic nitrogens is 3. The first-order valence-electron chi connectivity index (χ1n) is 12.0. The Bertz CT molecular complexity index is 1340. The fraction of sp³-hybridized carbons (Fsp3) is 0.458. The Hall–Kier alpha value is -3.06. The quantitative estimate of drug-likeness (QED) is 0.213. The molecule has 0 aliphatic carbocycles. The van der Waals surface area contributed by atoms with Gasteiger partial charge in [0.05, 0.1) is 25.0 Å². The van der Waals surface area contributed by atoms with Crippen molar-refractivity contribution in [3.63, 3.8) is 0 Å². The highest BCUT2D eigenvalue weighted by Gasteiger charge is 2.58. The minimum absolute atomic E-state index is 0.199. The van der Waals surface area contributed by atoms with Crippen LogP contribution in [0.3, 0.4) is 0 Å². The average molecular weight is 550 g/mol. The molecule has 13 nitrogen and oxygen atoms in total. The highest BCUT2D eigenvalue weighted by atomic mass is 31.2. The van der Waals surface area contributed by atoms with Crippen molar-refractivity contribution in [3.8, 4) is 5.75 Å². The summed E-state index contributed by atoms with van der Waals surface area (Å²) in [7, 11) is -4.23. The predicted molar refractivity (Wildman–Crippen MR) is 136 cm³/mol. The molecule has 5 N–H and O–H groups in total. The highest BCUT2D eigenvalue weighted by Crippen LogP contribution is 2.48. The molecule has 1 unspecified atom stereocenters. The van der Waals surface area contributed by atoms with Crippen molar-refractivity contribution in [3.05, 3.63) is 54.5 Å². The number of carbonyl (C=O) groups is 1. The second kappa shape index (κ2) is 10.6. The first kappa shape index (κ1) is 28.0. The minimum atomic E-state index is -4.23. The van der Waals surface area contributed by atoms with Crippen LogP contribution in [0, 0.1) is 0 Å². The van der Waals surface area contributed by atoms with E-state index in [4.69, 9.17) is 24.3 Å². The maximum Gasteiger partial charge on any atom is 0.459 e. The van der Waals surface area contributed by atoms with Gasteiger partial charge in [-0.15, -0.1) is 0 Å². The van der Waals surface area contributed by atoms with E-state index in [-0.39, 0.29) is 30.0 Å². The first-order chi connectivity index (χ1) is 17.9. The summed E-state index contributed by atoms with van der Waals surface area (Å²) in [5.41, 5.74) is 3.13. The number of aliphatic hydroxyl groups excluding tert-OH is 1. The van der Waals surface area contributed by atoms with Crippen LogP contribution in [0.4, 0.5) is 5.82 Å². The van der Waals surface area contributed by atoms with Crippen LogP contribution in [0.25, 0.3) is 5.52 Å². The van der Waals surface area contributed by atoms with Crippen molar-refractivity contribution in [1.29, 1.82) is 0 Å². The third kappa shape index (κ3) is 5.53. The molecule has 3 heterocycles. The fourth-order valence-electron chi connectivity index (χ4n) is 4.10. The molecule has 5 atom stereocenters. The van der Waals surface area contributed by atoms with Crippen LogP contribution in [0.1, 0.15) is 33.4 Å². The van der Waals surface area contributed by atoms with Crippen molar-refractivity contribution in [2.45, 2.75) is 57.1 Å². The van der Waals surface area contributed by atoms with Crippen LogP contribution in [0.2, 0.25) is 0 Å². The number of benzene rings is 1. The van der Waals surface area contributed by atoms with Gasteiger partial charge in [-0.05, 0) is 52.0 Å². The molecular weight excluding hydrogens is 517 g/mol. The lowest BCUT2D eigenvalue weighted by atomic mass is 9.86. The zero-order valence-corrected chi connectivity index (χ0v) is 22.4. The van der Waals surface area contributed by atoms with Gasteiger partial charge in [-0.2, -0.15) is 10.2 Å². The molecule has 2 aromatic heterocycles. The Morgan fingerprint density at radius 2 is 2.00 bits per heavy atom. The van der Waals surface area contributed by atoms with Gasteiger partial charge in [0.1, 0.15) is 35.3 Å². The Kier molecular flexibility index (Phi) is 7.80. The number of rotatable bonds is 10. The molecule has 206 valence electrons. The van der Waals surface area contributed by atoms with Crippen molar-refractivity contribution in [2.24, 2.45) is 0 Å². The Morgan fingerprint density at radius 1 is 1.29 bits per heavy atom. The number of hydrogen-bond donors (Lipinski definition) is 4. The Balaban J connectivity index is 1.56. The normalized spacial score (nSPS) is 25.8. The molecule has 1 saturated heterocycles. The summed E-state index contributed by atoms with van der Waals surface area (Å²) in [5.74, 6) is -0.233. The third-order valence-electron chi connectivity index (χ3n) is 6.13. The number of hydrogen-bond acceptors (Lipinski definition) is 11. The molecule has 4 rings (SSSR count). The number of anilines is 1. The number of para-hydroxylation sites is 1. The van der Waals surface area contributed by atoms with E-state index in [1.807, 2.05) is 0 Å². The summed E-state index contributed by atoms with van der Waals surface area (Å²) in [5, 5.41) is 29.4. The smallest absolute Gasteiger partial charge is 0.459 e. The summed E-state index contributed by atoms with van der Waals surface area (Å²) in [4.78, 5) is 16.3. The maximum atomic E-state index is 13.8. The standard InChI is InChI=1S/C24H32N5O8P/c1-15(2)36-21(30)16(3)28-38(33,37-17-8-6-5-7-9-17)35-12-23(4)22(31)24(32,13-34-23)19-11-10-18-20(25)26-14-27-29(18)19/h5-11,14-16,22,31-32H,12-13H2,1-4H3,(H,28,33)(H2,25,26,27)/t16-,22+,23+,24+,38?/m0/s1. The van der Waals surface area contributed by atoms with Crippen molar-refractivity contribution in [1.82, 2.24) is 19.7 Å². The Labute approximate surface area is 219 Å². The molecule has 1 aromatic carbocycles. The van der Waals surface area contributed by atoms with Gasteiger partial charge in [0.25, 0.3) is 0 Å². The third-order valence-corrected chi connectivity index (χ3v) is 7.75. The summed E-state index contributed by atoms with van der Waals surface area (Å²) >= 11 is 0. The molecular formula is C24H32N5O8P. The number of nitrogens with zero attached hydrogens (tertiary/aromatic N) is 3. The lowest BCUT2D eigenvalue weighted by Gasteiger charge is -2.33. The molecule has 3 aromatic rings. The van der Waals surface area contributed by atoms with Crippen LogP contribution >= 0.6 is 7.75 Å². The van der Waals surface area contributed by atoms with Crippen LogP contribution < -0.4 is 15.3 Å². The van der Waals surface area contributed by atoms with Crippen LogP contribution in [-0.2, 0) is 29.0 Å². The van der Waals surface area contributed by atoms with E-state index in [9.17, 15) is 19.6 Å². The van der Waals surface area contributed by atoms with Gasteiger partial charge < -0.3 is 29.9 Å². The molecule has 0 amide bonds. The van der Waals surface area contributed by atoms with E-state index in [0.29, 0.717) is 5.52 Å². The van der Waals surface area contributed by atoms with Crippen LogP contribution in [-0.4, -0.2) is 67.8 Å². The minimum Gasteiger partial charge on any atom is -0.462 e. The molecule has 1 fully saturated rings. The lowest BCUT2D eigenvalue weighted by Crippen LogP contribution is -2.50. The van der Waals surface area contributed by atoms with Crippen molar-refractivity contribution >= 4 is 25.1 Å². The highest BCUT2D eigenvalue weighted by molar-refractivity contribution is 7.52. The van der Waals surface area contributed by atoms with Crippen LogP contribution in [0.15, 0.2) is 48.8 Å². The predicted octanol–water partition coefficient (Wildman–Crippen LogP) is 1.78. The van der Waals surface area contributed by atoms with E-state index < -0.39 is 43.7 Å². The van der Waals surface area contributed by atoms with E-state index in [2.05, 4.69) is 15.2 Å². The number of nitrogen functional groups attached to an aromatic ring is 1. The number of carbonyl (C=O) groups excluding carboxylic acids is 1. The number of ether oxygens (including phenoxy) is 2. The number of nitrogens with two attached hydrogens (primary N) is 1. The van der Waals surface area contributed by atoms with Crippen molar-refractivity contribution in [2.75, 3.05) is 18.9 Å². The fourth-order valence-corrected chi connectivity index (χ4v) is 5.69. The van der Waals surface area contributed by atoms with E-state index in [1.165, 1.54) is 24.7 Å². The molecule has 0 bridgehead atoms. The molecule has 0 saturated carbocycles. The van der Waals surface area contributed by atoms with Gasteiger partial charge in [-0.1, -0.05) is 18.2 Å². The van der Waals surface area contributed by atoms with Gasteiger partial charge in [0.15, 0.2) is 11.4 Å². The Morgan fingerprint density at radius 3 is 2.68 bits per heavy atom. The zero-order chi connectivity index (χ0) is 27.7. The van der Waals surface area contributed by atoms with Gasteiger partial charge in [-0.3, -0.25) is 9.32 Å². The van der Waals surface area contributed by atoms with Gasteiger partial charge in [0, 0.05) is 0 Å². The number of nitrogens with one attached hydrogen (secondary N) is 1. The lowest BCUT2D eigenvalue weighted by molar-refractivity contribution is -0.149. The number of esters is 1. The zero-order valence-electron chi connectivity index (χ0n) is 21.5.